The molecule has 6 heteroatoms. The Hall–Kier alpha value is -2.08. The molecule has 0 radical (unpaired) electrons. The summed E-state index contributed by atoms with van der Waals surface area (Å²) in [5, 5.41) is 12.2. The minimum Gasteiger partial charge on any atom is -0.493 e. The summed E-state index contributed by atoms with van der Waals surface area (Å²) in [7, 11) is 0. The minimum atomic E-state index is -0.839. The number of carboxylic acid groups (broad SMARTS) is 1. The molecule has 1 aliphatic carbocycles. The number of fused-ring (bicyclic) bond motifs is 1. The molecule has 0 spiro atoms. The summed E-state index contributed by atoms with van der Waals surface area (Å²) in [4.78, 5) is 25.9. The van der Waals surface area contributed by atoms with E-state index in [2.05, 4.69) is 10.2 Å². The zero-order valence-corrected chi connectivity index (χ0v) is 17.3. The SMILES string of the molecule is O=C(O)Cc1ccc2c(c1)CN(CC1CCCCC1)CC(=O)NCCCCCO2. The van der Waals surface area contributed by atoms with Gasteiger partial charge in [-0.1, -0.05) is 31.4 Å². The molecule has 1 aliphatic heterocycles. The molecule has 2 N–H and O–H groups in total. The van der Waals surface area contributed by atoms with Gasteiger partial charge in [0.15, 0.2) is 0 Å². The molecule has 6 nitrogen and oxygen atoms in total. The van der Waals surface area contributed by atoms with Crippen LogP contribution in [0.4, 0.5) is 0 Å². The number of carbonyl (C=O) groups excluding carboxylic acids is 1. The van der Waals surface area contributed by atoms with Crippen molar-refractivity contribution in [2.75, 3.05) is 26.2 Å². The lowest BCUT2D eigenvalue weighted by Crippen LogP contribution is -2.40. The average Bonchev–Trinajstić information content (AvgIpc) is 2.69. The van der Waals surface area contributed by atoms with Crippen molar-refractivity contribution >= 4 is 11.9 Å². The van der Waals surface area contributed by atoms with Gasteiger partial charge in [-0.3, -0.25) is 14.5 Å². The van der Waals surface area contributed by atoms with Gasteiger partial charge in [0, 0.05) is 25.2 Å². The molecule has 0 bridgehead atoms. The second-order valence-electron chi connectivity index (χ2n) is 8.45. The highest BCUT2D eigenvalue weighted by atomic mass is 16.5. The second kappa shape index (κ2) is 11.2. The van der Waals surface area contributed by atoms with E-state index in [4.69, 9.17) is 9.84 Å². The number of hydrogen-bond acceptors (Lipinski definition) is 4. The summed E-state index contributed by atoms with van der Waals surface area (Å²) in [5.74, 6) is 0.671. The first kappa shape index (κ1) is 21.6. The number of aliphatic carboxylic acids is 1. The Kier molecular flexibility index (Phi) is 8.35. The minimum absolute atomic E-state index is 0.00358. The van der Waals surface area contributed by atoms with Crippen LogP contribution in [0, 0.1) is 5.92 Å². The van der Waals surface area contributed by atoms with E-state index in [1.807, 2.05) is 18.2 Å². The number of ether oxygens (including phenoxy) is 1. The van der Waals surface area contributed by atoms with Crippen molar-refractivity contribution in [3.8, 4) is 5.75 Å². The maximum Gasteiger partial charge on any atom is 0.307 e. The van der Waals surface area contributed by atoms with E-state index in [0.29, 0.717) is 32.2 Å². The molecule has 160 valence electrons. The molecule has 1 fully saturated rings. The second-order valence-corrected chi connectivity index (χ2v) is 8.45. The van der Waals surface area contributed by atoms with Crippen molar-refractivity contribution in [2.24, 2.45) is 5.92 Å². The van der Waals surface area contributed by atoms with E-state index < -0.39 is 5.97 Å². The third-order valence-electron chi connectivity index (χ3n) is 5.88. The van der Waals surface area contributed by atoms with Crippen LogP contribution < -0.4 is 10.1 Å². The maximum atomic E-state index is 12.5. The highest BCUT2D eigenvalue weighted by molar-refractivity contribution is 5.78. The standard InChI is InChI=1S/C23H34N2O4/c26-22-17-25(15-18-7-3-1-4-8-18)16-20-13-19(14-23(27)28)9-10-21(20)29-12-6-2-5-11-24-22/h9-10,13,18H,1-8,11-12,14-17H2,(H,24,26)(H,27,28). The van der Waals surface area contributed by atoms with Crippen LogP contribution in [0.25, 0.3) is 0 Å². The summed E-state index contributed by atoms with van der Waals surface area (Å²) < 4.78 is 6.05. The van der Waals surface area contributed by atoms with Crippen LogP contribution in [0.1, 0.15) is 62.5 Å². The Morgan fingerprint density at radius 2 is 1.90 bits per heavy atom. The van der Waals surface area contributed by atoms with Gasteiger partial charge < -0.3 is 15.2 Å². The van der Waals surface area contributed by atoms with Gasteiger partial charge >= 0.3 is 5.97 Å². The highest BCUT2D eigenvalue weighted by Crippen LogP contribution is 2.27. The molecule has 1 aromatic rings. The van der Waals surface area contributed by atoms with E-state index in [9.17, 15) is 9.59 Å². The lowest BCUT2D eigenvalue weighted by Gasteiger charge is -2.30. The van der Waals surface area contributed by atoms with Crippen molar-refractivity contribution in [3.05, 3.63) is 29.3 Å². The maximum absolute atomic E-state index is 12.5. The number of benzene rings is 1. The number of amides is 1. The molecule has 29 heavy (non-hydrogen) atoms. The van der Waals surface area contributed by atoms with Crippen LogP contribution in [0.5, 0.6) is 5.75 Å². The number of carbonyl (C=O) groups is 2. The molecule has 0 aromatic heterocycles. The number of nitrogens with one attached hydrogen (secondary N) is 1. The Labute approximate surface area is 173 Å². The molecule has 1 heterocycles. The first-order chi connectivity index (χ1) is 14.1. The van der Waals surface area contributed by atoms with Crippen molar-refractivity contribution < 1.29 is 19.4 Å². The van der Waals surface area contributed by atoms with Crippen LogP contribution in [-0.4, -0.2) is 48.1 Å². The fraction of sp³-hybridized carbons (Fsp3) is 0.652. The number of carboxylic acids is 1. The highest BCUT2D eigenvalue weighted by Gasteiger charge is 2.21. The van der Waals surface area contributed by atoms with Crippen molar-refractivity contribution in [3.63, 3.8) is 0 Å². The van der Waals surface area contributed by atoms with Crippen LogP contribution in [0.2, 0.25) is 0 Å². The van der Waals surface area contributed by atoms with Gasteiger partial charge in [-0.2, -0.15) is 0 Å². The van der Waals surface area contributed by atoms with Crippen LogP contribution in [0.15, 0.2) is 18.2 Å². The average molecular weight is 403 g/mol. The summed E-state index contributed by atoms with van der Waals surface area (Å²) in [6.45, 7) is 3.23. The van der Waals surface area contributed by atoms with Gasteiger partial charge in [0.1, 0.15) is 5.75 Å². The molecule has 0 unspecified atom stereocenters. The first-order valence-electron chi connectivity index (χ1n) is 11.1. The monoisotopic (exact) mass is 402 g/mol. The zero-order valence-electron chi connectivity index (χ0n) is 17.3. The molecule has 3 rings (SSSR count). The van der Waals surface area contributed by atoms with Crippen molar-refractivity contribution in [1.29, 1.82) is 0 Å². The van der Waals surface area contributed by atoms with Crippen LogP contribution in [-0.2, 0) is 22.6 Å². The van der Waals surface area contributed by atoms with Crippen molar-refractivity contribution in [2.45, 2.75) is 64.3 Å². The smallest absolute Gasteiger partial charge is 0.307 e. The van der Waals surface area contributed by atoms with Gasteiger partial charge in [-0.15, -0.1) is 0 Å². The zero-order chi connectivity index (χ0) is 20.5. The fourth-order valence-corrected chi connectivity index (χ4v) is 4.42. The van der Waals surface area contributed by atoms with Crippen LogP contribution >= 0.6 is 0 Å². The largest absolute Gasteiger partial charge is 0.493 e. The predicted molar refractivity (Wildman–Crippen MR) is 112 cm³/mol. The van der Waals surface area contributed by atoms with E-state index in [0.717, 1.165) is 42.7 Å². The molecule has 1 aromatic carbocycles. The van der Waals surface area contributed by atoms with Gasteiger partial charge in [0.25, 0.3) is 0 Å². The number of rotatable bonds is 4. The molecule has 1 amide bonds. The summed E-state index contributed by atoms with van der Waals surface area (Å²) in [6, 6.07) is 5.67. The van der Waals surface area contributed by atoms with Crippen LogP contribution in [0.3, 0.4) is 0 Å². The number of nitrogens with zero attached hydrogens (tertiary/aromatic N) is 1. The number of hydrogen-bond donors (Lipinski definition) is 2. The van der Waals surface area contributed by atoms with E-state index in [1.165, 1.54) is 32.1 Å². The normalized spacial score (nSPS) is 20.3. The lowest BCUT2D eigenvalue weighted by atomic mass is 9.89. The first-order valence-corrected chi connectivity index (χ1v) is 11.1. The fourth-order valence-electron chi connectivity index (χ4n) is 4.42. The molecule has 1 saturated carbocycles. The lowest BCUT2D eigenvalue weighted by molar-refractivity contribution is -0.136. The molecule has 2 aliphatic rings. The van der Waals surface area contributed by atoms with Crippen molar-refractivity contribution in [1.82, 2.24) is 10.2 Å². The Bertz CT molecular complexity index is 685. The quantitative estimate of drug-likeness (QED) is 0.807. The third kappa shape index (κ3) is 7.35. The Morgan fingerprint density at radius 3 is 2.69 bits per heavy atom. The van der Waals surface area contributed by atoms with Gasteiger partial charge in [0.2, 0.25) is 5.91 Å². The predicted octanol–water partition coefficient (Wildman–Crippen LogP) is 3.37. The van der Waals surface area contributed by atoms with Gasteiger partial charge in [0.05, 0.1) is 19.6 Å². The van der Waals surface area contributed by atoms with Gasteiger partial charge in [-0.05, 0) is 49.7 Å². The Balaban J connectivity index is 1.81. The van der Waals surface area contributed by atoms with Gasteiger partial charge in [-0.25, -0.2) is 0 Å². The third-order valence-corrected chi connectivity index (χ3v) is 5.88. The van der Waals surface area contributed by atoms with E-state index >= 15 is 0 Å². The summed E-state index contributed by atoms with van der Waals surface area (Å²) in [6.07, 6.45) is 9.21. The van der Waals surface area contributed by atoms with E-state index in [1.54, 1.807) is 0 Å². The summed E-state index contributed by atoms with van der Waals surface area (Å²) >= 11 is 0. The molecule has 0 saturated heterocycles. The molecular weight excluding hydrogens is 368 g/mol. The van der Waals surface area contributed by atoms with E-state index in [-0.39, 0.29) is 12.3 Å². The molecule has 0 atom stereocenters. The topological polar surface area (TPSA) is 78.9 Å². The Morgan fingerprint density at radius 1 is 1.10 bits per heavy atom. The molecular formula is C23H34N2O4. The summed E-state index contributed by atoms with van der Waals surface area (Å²) in [5.41, 5.74) is 1.75.